The molecule has 1 aliphatic rings. The van der Waals surface area contributed by atoms with Gasteiger partial charge in [-0.1, -0.05) is 0 Å². The van der Waals surface area contributed by atoms with Crippen LogP contribution in [0.3, 0.4) is 0 Å². The van der Waals surface area contributed by atoms with Crippen LogP contribution >= 0.6 is 11.6 Å². The molecule has 0 atom stereocenters. The lowest BCUT2D eigenvalue weighted by molar-refractivity contribution is 0.0553. The molecule has 0 bridgehead atoms. The van der Waals surface area contributed by atoms with Crippen LogP contribution in [0, 0.1) is 0 Å². The predicted molar refractivity (Wildman–Crippen MR) is 56.4 cm³/mol. The van der Waals surface area contributed by atoms with Crippen LogP contribution in [0.1, 0.15) is 26.7 Å². The number of hydrogen-bond acceptors (Lipinski definition) is 2. The molecular formula is C10H20ClNO. The van der Waals surface area contributed by atoms with Gasteiger partial charge in [-0.05, 0) is 39.8 Å². The largest absolute Gasteiger partial charge is 0.377 e. The lowest BCUT2D eigenvalue weighted by Gasteiger charge is -2.29. The SMILES string of the molecule is CC(C)OCCN1CCC(Cl)CC1. The van der Waals surface area contributed by atoms with Crippen LogP contribution < -0.4 is 0 Å². The highest BCUT2D eigenvalue weighted by Crippen LogP contribution is 2.14. The van der Waals surface area contributed by atoms with Crippen LogP contribution in [0.15, 0.2) is 0 Å². The quantitative estimate of drug-likeness (QED) is 0.652. The zero-order valence-electron chi connectivity index (χ0n) is 8.63. The number of halogens is 1. The lowest BCUT2D eigenvalue weighted by Crippen LogP contribution is -2.36. The molecule has 1 rings (SSSR count). The molecule has 0 aromatic carbocycles. The van der Waals surface area contributed by atoms with Gasteiger partial charge in [-0.2, -0.15) is 0 Å². The highest BCUT2D eigenvalue weighted by atomic mass is 35.5. The second-order valence-corrected chi connectivity index (χ2v) is 4.55. The van der Waals surface area contributed by atoms with E-state index in [4.69, 9.17) is 16.3 Å². The standard InChI is InChI=1S/C10H20ClNO/c1-9(2)13-8-7-12-5-3-10(11)4-6-12/h9-10H,3-8H2,1-2H3. The van der Waals surface area contributed by atoms with Gasteiger partial charge in [-0.15, -0.1) is 11.6 Å². The molecule has 1 heterocycles. The number of hydrogen-bond donors (Lipinski definition) is 0. The van der Waals surface area contributed by atoms with Crippen LogP contribution in [-0.4, -0.2) is 42.6 Å². The normalized spacial score (nSPS) is 21.2. The second-order valence-electron chi connectivity index (χ2n) is 3.94. The molecule has 1 fully saturated rings. The van der Waals surface area contributed by atoms with E-state index < -0.39 is 0 Å². The van der Waals surface area contributed by atoms with Crippen LogP contribution in [0.4, 0.5) is 0 Å². The van der Waals surface area contributed by atoms with Crippen molar-refractivity contribution in [3.8, 4) is 0 Å². The molecule has 0 radical (unpaired) electrons. The van der Waals surface area contributed by atoms with Crippen molar-refractivity contribution in [2.24, 2.45) is 0 Å². The first kappa shape index (κ1) is 11.3. The monoisotopic (exact) mass is 205 g/mol. The summed E-state index contributed by atoms with van der Waals surface area (Å²) < 4.78 is 5.50. The Hall–Kier alpha value is 0.210. The first-order valence-electron chi connectivity index (χ1n) is 5.16. The van der Waals surface area contributed by atoms with Crippen molar-refractivity contribution in [1.82, 2.24) is 4.90 Å². The zero-order chi connectivity index (χ0) is 9.68. The van der Waals surface area contributed by atoms with E-state index in [1.165, 1.54) is 0 Å². The van der Waals surface area contributed by atoms with Gasteiger partial charge in [0.15, 0.2) is 0 Å². The summed E-state index contributed by atoms with van der Waals surface area (Å²) in [5, 5.41) is 0.405. The Morgan fingerprint density at radius 3 is 2.54 bits per heavy atom. The van der Waals surface area contributed by atoms with Crippen LogP contribution in [-0.2, 0) is 4.74 Å². The summed E-state index contributed by atoms with van der Waals surface area (Å²) >= 11 is 6.01. The zero-order valence-corrected chi connectivity index (χ0v) is 9.39. The Bertz CT molecular complexity index is 133. The third-order valence-corrected chi connectivity index (χ3v) is 2.81. The molecule has 0 amide bonds. The van der Waals surface area contributed by atoms with Gasteiger partial charge in [0.2, 0.25) is 0 Å². The van der Waals surface area contributed by atoms with Gasteiger partial charge >= 0.3 is 0 Å². The van der Waals surface area contributed by atoms with Crippen LogP contribution in [0.25, 0.3) is 0 Å². The summed E-state index contributed by atoms with van der Waals surface area (Å²) in [7, 11) is 0. The molecule has 3 heteroatoms. The van der Waals surface area contributed by atoms with Crippen molar-refractivity contribution in [3.63, 3.8) is 0 Å². The number of ether oxygens (including phenoxy) is 1. The smallest absolute Gasteiger partial charge is 0.0596 e. The highest BCUT2D eigenvalue weighted by Gasteiger charge is 2.16. The molecule has 0 aliphatic carbocycles. The molecule has 0 saturated carbocycles. The first-order valence-corrected chi connectivity index (χ1v) is 5.60. The van der Waals surface area contributed by atoms with E-state index in [1.54, 1.807) is 0 Å². The van der Waals surface area contributed by atoms with Gasteiger partial charge in [0.25, 0.3) is 0 Å². The molecule has 0 spiro atoms. The molecule has 0 unspecified atom stereocenters. The Labute approximate surface area is 86.2 Å². The van der Waals surface area contributed by atoms with E-state index in [-0.39, 0.29) is 0 Å². The predicted octanol–water partition coefficient (Wildman–Crippen LogP) is 2.11. The summed E-state index contributed by atoms with van der Waals surface area (Å²) in [5.41, 5.74) is 0. The maximum absolute atomic E-state index is 6.01. The molecule has 1 saturated heterocycles. The fraction of sp³-hybridized carbons (Fsp3) is 1.00. The van der Waals surface area contributed by atoms with Crippen molar-refractivity contribution in [2.45, 2.75) is 38.2 Å². The number of piperidine rings is 1. The highest BCUT2D eigenvalue weighted by molar-refractivity contribution is 6.20. The number of nitrogens with zero attached hydrogens (tertiary/aromatic N) is 1. The van der Waals surface area contributed by atoms with Gasteiger partial charge in [0.1, 0.15) is 0 Å². The van der Waals surface area contributed by atoms with Crippen LogP contribution in [0.5, 0.6) is 0 Å². The Morgan fingerprint density at radius 2 is 2.00 bits per heavy atom. The van der Waals surface area contributed by atoms with E-state index in [9.17, 15) is 0 Å². The average Bonchev–Trinajstić information content (AvgIpc) is 2.08. The minimum Gasteiger partial charge on any atom is -0.377 e. The molecule has 0 N–H and O–H groups in total. The maximum Gasteiger partial charge on any atom is 0.0596 e. The van der Waals surface area contributed by atoms with E-state index in [2.05, 4.69) is 18.7 Å². The summed E-state index contributed by atoms with van der Waals surface area (Å²) in [6, 6.07) is 0. The van der Waals surface area contributed by atoms with E-state index in [1.807, 2.05) is 0 Å². The topological polar surface area (TPSA) is 12.5 Å². The van der Waals surface area contributed by atoms with Gasteiger partial charge in [0.05, 0.1) is 12.7 Å². The Balaban J connectivity index is 2.02. The van der Waals surface area contributed by atoms with Crippen molar-refractivity contribution >= 4 is 11.6 Å². The Kier molecular flexibility index (Phi) is 5.07. The molecule has 13 heavy (non-hydrogen) atoms. The fourth-order valence-electron chi connectivity index (χ4n) is 1.54. The minimum absolute atomic E-state index is 0.352. The summed E-state index contributed by atoms with van der Waals surface area (Å²) in [6.07, 6.45) is 2.61. The molecule has 0 aromatic heterocycles. The molecule has 78 valence electrons. The van der Waals surface area contributed by atoms with Crippen LogP contribution in [0.2, 0.25) is 0 Å². The maximum atomic E-state index is 6.01. The van der Waals surface area contributed by atoms with Crippen molar-refractivity contribution in [2.75, 3.05) is 26.2 Å². The van der Waals surface area contributed by atoms with Crippen molar-refractivity contribution in [1.29, 1.82) is 0 Å². The van der Waals surface area contributed by atoms with E-state index in [0.717, 1.165) is 39.1 Å². The van der Waals surface area contributed by atoms with Gasteiger partial charge in [-0.3, -0.25) is 0 Å². The lowest BCUT2D eigenvalue weighted by atomic mass is 10.1. The van der Waals surface area contributed by atoms with E-state index in [0.29, 0.717) is 11.5 Å². The second kappa shape index (κ2) is 5.84. The summed E-state index contributed by atoms with van der Waals surface area (Å²) in [4.78, 5) is 2.43. The van der Waals surface area contributed by atoms with E-state index >= 15 is 0 Å². The molecule has 2 nitrogen and oxygen atoms in total. The van der Waals surface area contributed by atoms with Crippen molar-refractivity contribution in [3.05, 3.63) is 0 Å². The molecule has 1 aliphatic heterocycles. The third kappa shape index (κ3) is 4.84. The van der Waals surface area contributed by atoms with Gasteiger partial charge in [0, 0.05) is 11.9 Å². The summed E-state index contributed by atoms with van der Waals surface area (Å²) in [6.45, 7) is 8.33. The molecular weight excluding hydrogens is 186 g/mol. The van der Waals surface area contributed by atoms with Gasteiger partial charge < -0.3 is 9.64 Å². The Morgan fingerprint density at radius 1 is 1.38 bits per heavy atom. The van der Waals surface area contributed by atoms with Crippen molar-refractivity contribution < 1.29 is 4.74 Å². The summed E-state index contributed by atoms with van der Waals surface area (Å²) in [5.74, 6) is 0. The minimum atomic E-state index is 0.352. The first-order chi connectivity index (χ1) is 6.18. The van der Waals surface area contributed by atoms with Gasteiger partial charge in [-0.25, -0.2) is 0 Å². The number of likely N-dealkylation sites (tertiary alicyclic amines) is 1. The number of rotatable bonds is 4. The fourth-order valence-corrected chi connectivity index (χ4v) is 1.74. The average molecular weight is 206 g/mol. The third-order valence-electron chi connectivity index (χ3n) is 2.38. The molecule has 0 aromatic rings. The number of alkyl halides is 1.